The summed E-state index contributed by atoms with van der Waals surface area (Å²) in [5.74, 6) is 0.258. The molecule has 1 aromatic rings. The molecule has 0 heterocycles. The van der Waals surface area contributed by atoms with Gasteiger partial charge in [0.2, 0.25) is 5.91 Å². The van der Waals surface area contributed by atoms with E-state index in [1.54, 1.807) is 0 Å². The molecule has 112 valence electrons. The molecule has 1 aromatic carbocycles. The van der Waals surface area contributed by atoms with Gasteiger partial charge in [-0.1, -0.05) is 30.3 Å². The number of amides is 1. The minimum atomic E-state index is 0.258. The number of carbonyl (C=O) groups is 1. The Morgan fingerprint density at radius 2 is 1.70 bits per heavy atom. The fraction of sp³-hybridized carbons (Fsp3) is 0.588. The monoisotopic (exact) mass is 276 g/mol. The lowest BCUT2D eigenvalue weighted by Crippen LogP contribution is -2.36. The van der Waals surface area contributed by atoms with Crippen molar-refractivity contribution in [2.24, 2.45) is 0 Å². The van der Waals surface area contributed by atoms with Crippen molar-refractivity contribution < 1.29 is 4.79 Å². The number of nitrogens with zero attached hydrogens (tertiary/aromatic N) is 2. The molecule has 0 saturated carbocycles. The smallest absolute Gasteiger partial charge is 0.223 e. The van der Waals surface area contributed by atoms with Gasteiger partial charge in [0.1, 0.15) is 0 Å². The highest BCUT2D eigenvalue weighted by Gasteiger charge is 2.14. The standard InChI is InChI=1S/C17H28N2O/c1-5-18(6-2)17(20)12-13-19(15(3)4)14-16-10-8-7-9-11-16/h7-11,15H,5-6,12-14H2,1-4H3. The van der Waals surface area contributed by atoms with Gasteiger partial charge in [0.25, 0.3) is 0 Å². The SMILES string of the molecule is CCN(CC)C(=O)CCN(Cc1ccccc1)C(C)C. The first kappa shape index (κ1) is 16.7. The van der Waals surface area contributed by atoms with Crippen LogP contribution in [-0.2, 0) is 11.3 Å². The zero-order valence-electron chi connectivity index (χ0n) is 13.3. The Labute approximate surface area is 123 Å². The van der Waals surface area contributed by atoms with E-state index in [1.807, 2.05) is 24.8 Å². The van der Waals surface area contributed by atoms with Crippen molar-refractivity contribution in [3.05, 3.63) is 35.9 Å². The van der Waals surface area contributed by atoms with E-state index >= 15 is 0 Å². The van der Waals surface area contributed by atoms with Crippen LogP contribution in [0.3, 0.4) is 0 Å². The Hall–Kier alpha value is -1.35. The summed E-state index contributed by atoms with van der Waals surface area (Å²) in [5.41, 5.74) is 1.30. The number of hydrogen-bond donors (Lipinski definition) is 0. The van der Waals surface area contributed by atoms with Gasteiger partial charge in [0, 0.05) is 38.6 Å². The lowest BCUT2D eigenvalue weighted by molar-refractivity contribution is -0.131. The van der Waals surface area contributed by atoms with Crippen LogP contribution in [0.15, 0.2) is 30.3 Å². The average molecular weight is 276 g/mol. The fourth-order valence-corrected chi connectivity index (χ4v) is 2.31. The second-order valence-electron chi connectivity index (χ2n) is 5.37. The van der Waals surface area contributed by atoms with Crippen molar-refractivity contribution in [1.29, 1.82) is 0 Å². The summed E-state index contributed by atoms with van der Waals surface area (Å²) in [5, 5.41) is 0. The summed E-state index contributed by atoms with van der Waals surface area (Å²) in [7, 11) is 0. The molecule has 0 bridgehead atoms. The van der Waals surface area contributed by atoms with Crippen LogP contribution < -0.4 is 0 Å². The molecule has 1 amide bonds. The molecule has 0 spiro atoms. The largest absolute Gasteiger partial charge is 0.343 e. The maximum atomic E-state index is 12.1. The van der Waals surface area contributed by atoms with Crippen LogP contribution in [0.4, 0.5) is 0 Å². The molecule has 0 radical (unpaired) electrons. The second kappa shape index (κ2) is 8.75. The van der Waals surface area contributed by atoms with E-state index in [4.69, 9.17) is 0 Å². The Balaban J connectivity index is 2.54. The quantitative estimate of drug-likeness (QED) is 0.728. The van der Waals surface area contributed by atoms with Gasteiger partial charge in [-0.25, -0.2) is 0 Å². The molecule has 0 aliphatic carbocycles. The topological polar surface area (TPSA) is 23.6 Å². The van der Waals surface area contributed by atoms with Crippen LogP contribution in [0, 0.1) is 0 Å². The summed E-state index contributed by atoms with van der Waals surface area (Å²) in [6.07, 6.45) is 0.604. The van der Waals surface area contributed by atoms with Crippen molar-refractivity contribution in [2.45, 2.75) is 46.7 Å². The predicted molar refractivity (Wildman–Crippen MR) is 84.5 cm³/mol. The van der Waals surface area contributed by atoms with Crippen LogP contribution >= 0.6 is 0 Å². The number of hydrogen-bond acceptors (Lipinski definition) is 2. The summed E-state index contributed by atoms with van der Waals surface area (Å²) in [6, 6.07) is 10.9. The Morgan fingerprint density at radius 1 is 1.10 bits per heavy atom. The van der Waals surface area contributed by atoms with Gasteiger partial charge in [0.15, 0.2) is 0 Å². The van der Waals surface area contributed by atoms with Gasteiger partial charge in [-0.05, 0) is 33.3 Å². The number of benzene rings is 1. The van der Waals surface area contributed by atoms with E-state index in [0.29, 0.717) is 12.5 Å². The highest BCUT2D eigenvalue weighted by Crippen LogP contribution is 2.09. The molecular formula is C17H28N2O. The first-order valence-electron chi connectivity index (χ1n) is 7.64. The van der Waals surface area contributed by atoms with Gasteiger partial charge >= 0.3 is 0 Å². The third kappa shape index (κ3) is 5.33. The summed E-state index contributed by atoms with van der Waals surface area (Å²) in [4.78, 5) is 16.3. The van der Waals surface area contributed by atoms with Crippen LogP contribution in [0.25, 0.3) is 0 Å². The minimum absolute atomic E-state index is 0.258. The van der Waals surface area contributed by atoms with Crippen molar-refractivity contribution in [2.75, 3.05) is 19.6 Å². The molecule has 0 fully saturated rings. The van der Waals surface area contributed by atoms with Crippen molar-refractivity contribution >= 4 is 5.91 Å². The summed E-state index contributed by atoms with van der Waals surface area (Å²) < 4.78 is 0. The zero-order chi connectivity index (χ0) is 15.0. The van der Waals surface area contributed by atoms with Gasteiger partial charge < -0.3 is 4.90 Å². The van der Waals surface area contributed by atoms with E-state index in [0.717, 1.165) is 26.2 Å². The minimum Gasteiger partial charge on any atom is -0.343 e. The molecule has 20 heavy (non-hydrogen) atoms. The second-order valence-corrected chi connectivity index (χ2v) is 5.37. The highest BCUT2D eigenvalue weighted by atomic mass is 16.2. The Morgan fingerprint density at radius 3 is 2.20 bits per heavy atom. The maximum absolute atomic E-state index is 12.1. The first-order valence-corrected chi connectivity index (χ1v) is 7.64. The molecule has 1 rings (SSSR count). The number of carbonyl (C=O) groups excluding carboxylic acids is 1. The Bertz CT molecular complexity index is 385. The van der Waals surface area contributed by atoms with E-state index in [-0.39, 0.29) is 5.91 Å². The normalized spacial score (nSPS) is 11.1. The molecule has 0 aliphatic heterocycles. The van der Waals surface area contributed by atoms with Crippen LogP contribution in [0.1, 0.15) is 39.7 Å². The van der Waals surface area contributed by atoms with Gasteiger partial charge in [0.05, 0.1) is 0 Å². The van der Waals surface area contributed by atoms with Crippen LogP contribution in [0.5, 0.6) is 0 Å². The molecule has 0 N–H and O–H groups in total. The third-order valence-corrected chi connectivity index (χ3v) is 3.69. The fourth-order valence-electron chi connectivity index (χ4n) is 2.31. The van der Waals surface area contributed by atoms with Gasteiger partial charge in [-0.2, -0.15) is 0 Å². The molecular weight excluding hydrogens is 248 g/mol. The summed E-state index contributed by atoms with van der Waals surface area (Å²) in [6.45, 7) is 11.8. The van der Waals surface area contributed by atoms with Crippen LogP contribution in [0.2, 0.25) is 0 Å². The highest BCUT2D eigenvalue weighted by molar-refractivity contribution is 5.76. The molecule has 0 aromatic heterocycles. The molecule has 0 saturated heterocycles. The van der Waals surface area contributed by atoms with E-state index < -0.39 is 0 Å². The molecule has 0 unspecified atom stereocenters. The van der Waals surface area contributed by atoms with E-state index in [2.05, 4.69) is 43.0 Å². The lowest BCUT2D eigenvalue weighted by atomic mass is 10.2. The lowest BCUT2D eigenvalue weighted by Gasteiger charge is -2.27. The third-order valence-electron chi connectivity index (χ3n) is 3.69. The molecule has 3 heteroatoms. The zero-order valence-corrected chi connectivity index (χ0v) is 13.3. The maximum Gasteiger partial charge on any atom is 0.223 e. The van der Waals surface area contributed by atoms with Crippen LogP contribution in [-0.4, -0.2) is 41.4 Å². The van der Waals surface area contributed by atoms with Crippen molar-refractivity contribution in [3.8, 4) is 0 Å². The van der Waals surface area contributed by atoms with Gasteiger partial charge in [-0.3, -0.25) is 9.69 Å². The summed E-state index contributed by atoms with van der Waals surface area (Å²) >= 11 is 0. The first-order chi connectivity index (χ1) is 9.58. The number of rotatable bonds is 8. The van der Waals surface area contributed by atoms with Crippen molar-refractivity contribution in [3.63, 3.8) is 0 Å². The van der Waals surface area contributed by atoms with Crippen molar-refractivity contribution in [1.82, 2.24) is 9.80 Å². The van der Waals surface area contributed by atoms with E-state index in [1.165, 1.54) is 5.56 Å². The predicted octanol–water partition coefficient (Wildman–Crippen LogP) is 3.16. The Kier molecular flexibility index (Phi) is 7.31. The molecule has 0 atom stereocenters. The molecule has 0 aliphatic rings. The van der Waals surface area contributed by atoms with Gasteiger partial charge in [-0.15, -0.1) is 0 Å². The van der Waals surface area contributed by atoms with E-state index in [9.17, 15) is 4.79 Å². The molecule has 3 nitrogen and oxygen atoms in total. The average Bonchev–Trinajstić information content (AvgIpc) is 2.45.